The van der Waals surface area contributed by atoms with Gasteiger partial charge in [-0.05, 0) is 36.8 Å². The van der Waals surface area contributed by atoms with Crippen molar-refractivity contribution < 1.29 is 18.0 Å². The van der Waals surface area contributed by atoms with Gasteiger partial charge in [0.25, 0.3) is 5.91 Å². The van der Waals surface area contributed by atoms with E-state index in [2.05, 4.69) is 20.5 Å². The zero-order valence-corrected chi connectivity index (χ0v) is 18.9. The summed E-state index contributed by atoms with van der Waals surface area (Å²) in [5, 5.41) is 12.5. The van der Waals surface area contributed by atoms with Crippen molar-refractivity contribution in [2.75, 3.05) is 0 Å². The van der Waals surface area contributed by atoms with Crippen LogP contribution in [0.4, 0.5) is 13.2 Å². The zero-order valence-electron chi connectivity index (χ0n) is 18.9. The molecule has 0 aliphatic rings. The highest BCUT2D eigenvalue weighted by atomic mass is 19.4. The van der Waals surface area contributed by atoms with Gasteiger partial charge in [-0.1, -0.05) is 42.5 Å². The summed E-state index contributed by atoms with van der Waals surface area (Å²) in [7, 11) is 0. The van der Waals surface area contributed by atoms with E-state index < -0.39 is 23.8 Å². The van der Waals surface area contributed by atoms with Gasteiger partial charge in [-0.3, -0.25) is 9.48 Å². The summed E-state index contributed by atoms with van der Waals surface area (Å²) in [6, 6.07) is 15.0. The van der Waals surface area contributed by atoms with Gasteiger partial charge < -0.3 is 5.32 Å². The van der Waals surface area contributed by atoms with Gasteiger partial charge in [0.05, 0.1) is 23.6 Å². The topological polar surface area (TPSA) is 77.1 Å². The first-order valence-electron chi connectivity index (χ1n) is 11.0. The third-order valence-corrected chi connectivity index (χ3v) is 5.91. The van der Waals surface area contributed by atoms with Gasteiger partial charge in [-0.15, -0.1) is 0 Å². The fourth-order valence-electron chi connectivity index (χ4n) is 4.24. The Morgan fingerprint density at radius 1 is 1.09 bits per heavy atom. The van der Waals surface area contributed by atoms with Crippen LogP contribution in [0.2, 0.25) is 0 Å². The third kappa shape index (κ3) is 4.01. The van der Waals surface area contributed by atoms with Gasteiger partial charge in [0.2, 0.25) is 0 Å². The van der Waals surface area contributed by atoms with Crippen LogP contribution < -0.4 is 5.32 Å². The lowest BCUT2D eigenvalue weighted by Gasteiger charge is -2.15. The van der Waals surface area contributed by atoms with Crippen LogP contribution in [0.3, 0.4) is 0 Å². The molecule has 5 rings (SSSR count). The molecule has 35 heavy (non-hydrogen) atoms. The van der Waals surface area contributed by atoms with Crippen molar-refractivity contribution in [1.29, 1.82) is 0 Å². The summed E-state index contributed by atoms with van der Waals surface area (Å²) >= 11 is 0. The van der Waals surface area contributed by atoms with Crippen molar-refractivity contribution in [2.24, 2.45) is 0 Å². The molecule has 0 bridgehead atoms. The maximum Gasteiger partial charge on any atom is 0.433 e. The Hall–Kier alpha value is -4.21. The summed E-state index contributed by atoms with van der Waals surface area (Å²) in [4.78, 5) is 17.6. The molecular weight excluding hydrogens is 457 g/mol. The number of carbonyl (C=O) groups excluding carboxylic acids is 1. The van der Waals surface area contributed by atoms with E-state index in [9.17, 15) is 18.0 Å². The van der Waals surface area contributed by atoms with Crippen LogP contribution in [0, 0.1) is 0 Å². The van der Waals surface area contributed by atoms with Crippen LogP contribution in [0.1, 0.15) is 41.6 Å². The van der Waals surface area contributed by atoms with E-state index in [1.165, 1.54) is 0 Å². The first-order valence-corrected chi connectivity index (χ1v) is 11.0. The lowest BCUT2D eigenvalue weighted by atomic mass is 10.0. The Morgan fingerprint density at radius 2 is 1.86 bits per heavy atom. The summed E-state index contributed by atoms with van der Waals surface area (Å²) in [6.07, 6.45) is -1.96. The average Bonchev–Trinajstić information content (AvgIpc) is 3.49. The lowest BCUT2D eigenvalue weighted by Crippen LogP contribution is -2.28. The van der Waals surface area contributed by atoms with Crippen molar-refractivity contribution in [3.05, 3.63) is 83.9 Å². The standard InChI is InChI=1S/C25H21F3N6O/c1-3-33-21(11-12-29-33)15(2)31-24(35)19-14-30-34-22(25(26,27)28)13-20(32-23(19)34)18-10-6-8-16-7-4-5-9-17(16)18/h4-15H,3H2,1-2H3,(H,31,35). The van der Waals surface area contributed by atoms with E-state index in [1.807, 2.05) is 37.3 Å². The number of amides is 1. The number of nitrogens with zero attached hydrogens (tertiary/aromatic N) is 5. The molecule has 178 valence electrons. The number of hydrogen-bond acceptors (Lipinski definition) is 4. The number of nitrogens with one attached hydrogen (secondary N) is 1. The monoisotopic (exact) mass is 478 g/mol. The Morgan fingerprint density at radius 3 is 2.63 bits per heavy atom. The van der Waals surface area contributed by atoms with Crippen molar-refractivity contribution >= 4 is 22.3 Å². The molecule has 0 fully saturated rings. The van der Waals surface area contributed by atoms with E-state index in [0.29, 0.717) is 16.6 Å². The number of fused-ring (bicyclic) bond motifs is 2. The van der Waals surface area contributed by atoms with Gasteiger partial charge in [-0.25, -0.2) is 9.50 Å². The van der Waals surface area contributed by atoms with Crippen molar-refractivity contribution in [2.45, 2.75) is 32.6 Å². The SMILES string of the molecule is CCn1nccc1C(C)NC(=O)c1cnn2c(C(F)(F)F)cc(-c3cccc4ccccc34)nc12. The second kappa shape index (κ2) is 8.53. The Labute approximate surface area is 198 Å². The molecule has 2 aromatic carbocycles. The Bertz CT molecular complexity index is 1550. The first-order chi connectivity index (χ1) is 16.8. The minimum Gasteiger partial charge on any atom is -0.344 e. The summed E-state index contributed by atoms with van der Waals surface area (Å²) in [5.41, 5.74) is 0.180. The fraction of sp³-hybridized carbons (Fsp3) is 0.200. The highest BCUT2D eigenvalue weighted by Crippen LogP contribution is 2.35. The highest BCUT2D eigenvalue weighted by molar-refractivity contribution is 6.01. The van der Waals surface area contributed by atoms with Gasteiger partial charge in [0.15, 0.2) is 11.3 Å². The van der Waals surface area contributed by atoms with E-state index in [4.69, 9.17) is 0 Å². The molecule has 0 spiro atoms. The fourth-order valence-corrected chi connectivity index (χ4v) is 4.24. The lowest BCUT2D eigenvalue weighted by molar-refractivity contribution is -0.142. The molecule has 0 saturated carbocycles. The molecule has 0 aliphatic heterocycles. The normalized spacial score (nSPS) is 12.8. The minimum atomic E-state index is -4.71. The molecule has 10 heteroatoms. The number of rotatable bonds is 5. The van der Waals surface area contributed by atoms with E-state index in [1.54, 1.807) is 36.0 Å². The van der Waals surface area contributed by atoms with Crippen molar-refractivity contribution in [1.82, 2.24) is 29.7 Å². The quantitative estimate of drug-likeness (QED) is 0.373. The Kier molecular flexibility index (Phi) is 5.50. The predicted octanol–water partition coefficient (Wildman–Crippen LogP) is 5.28. The maximum absolute atomic E-state index is 14.0. The third-order valence-electron chi connectivity index (χ3n) is 5.91. The second-order valence-electron chi connectivity index (χ2n) is 8.11. The number of halogens is 3. The predicted molar refractivity (Wildman–Crippen MR) is 125 cm³/mol. The molecule has 1 unspecified atom stereocenters. The molecule has 7 nitrogen and oxygen atoms in total. The van der Waals surface area contributed by atoms with Crippen LogP contribution >= 0.6 is 0 Å². The van der Waals surface area contributed by atoms with Crippen LogP contribution in [0.25, 0.3) is 27.7 Å². The molecule has 1 N–H and O–H groups in total. The van der Waals surface area contributed by atoms with Crippen LogP contribution in [-0.2, 0) is 12.7 Å². The van der Waals surface area contributed by atoms with Crippen molar-refractivity contribution in [3.63, 3.8) is 0 Å². The molecule has 1 atom stereocenters. The van der Waals surface area contributed by atoms with Gasteiger partial charge >= 0.3 is 6.18 Å². The molecule has 5 aromatic rings. The number of aryl methyl sites for hydroxylation is 1. The molecular formula is C25H21F3N6O. The number of hydrogen-bond donors (Lipinski definition) is 1. The number of carbonyl (C=O) groups is 1. The number of aromatic nitrogens is 5. The van der Waals surface area contributed by atoms with E-state index in [-0.39, 0.29) is 16.9 Å². The highest BCUT2D eigenvalue weighted by Gasteiger charge is 2.36. The zero-order chi connectivity index (χ0) is 24.7. The first kappa shape index (κ1) is 22.6. The molecule has 0 aliphatic carbocycles. The molecule has 3 heterocycles. The minimum absolute atomic E-state index is 0.0491. The van der Waals surface area contributed by atoms with Crippen LogP contribution in [0.5, 0.6) is 0 Å². The summed E-state index contributed by atoms with van der Waals surface area (Å²) in [5.74, 6) is -0.577. The van der Waals surface area contributed by atoms with Gasteiger partial charge in [0, 0.05) is 18.3 Å². The molecule has 1 amide bonds. The Balaban J connectivity index is 1.63. The maximum atomic E-state index is 14.0. The summed E-state index contributed by atoms with van der Waals surface area (Å²) < 4.78 is 44.5. The largest absolute Gasteiger partial charge is 0.433 e. The smallest absolute Gasteiger partial charge is 0.344 e. The van der Waals surface area contributed by atoms with E-state index >= 15 is 0 Å². The van der Waals surface area contributed by atoms with E-state index in [0.717, 1.165) is 28.7 Å². The average molecular weight is 478 g/mol. The molecule has 0 radical (unpaired) electrons. The van der Waals surface area contributed by atoms with Crippen LogP contribution in [-0.4, -0.2) is 30.3 Å². The molecule has 3 aromatic heterocycles. The molecule has 0 saturated heterocycles. The van der Waals surface area contributed by atoms with Crippen molar-refractivity contribution in [3.8, 4) is 11.3 Å². The van der Waals surface area contributed by atoms with Gasteiger partial charge in [0.1, 0.15) is 5.56 Å². The second-order valence-corrected chi connectivity index (χ2v) is 8.11. The van der Waals surface area contributed by atoms with Crippen LogP contribution in [0.15, 0.2) is 67.0 Å². The number of benzene rings is 2. The summed E-state index contributed by atoms with van der Waals surface area (Å²) in [6.45, 7) is 4.32. The number of alkyl halides is 3. The van der Waals surface area contributed by atoms with Gasteiger partial charge in [-0.2, -0.15) is 23.4 Å².